The highest BCUT2D eigenvalue weighted by atomic mass is 19.1. The standard InChI is InChI=1S/C17H15FN2O/c1-10-5-3-8-14(11(10)2)16-15(17(19)21-20-16)12-6-4-7-13(18)9-12/h3-9H,19H2,1-2H3. The van der Waals surface area contributed by atoms with E-state index in [1.165, 1.54) is 12.1 Å². The van der Waals surface area contributed by atoms with Crippen molar-refractivity contribution < 1.29 is 8.91 Å². The highest BCUT2D eigenvalue weighted by molar-refractivity contribution is 5.88. The van der Waals surface area contributed by atoms with Crippen molar-refractivity contribution in [3.05, 3.63) is 59.4 Å². The molecule has 0 saturated heterocycles. The third kappa shape index (κ3) is 2.29. The number of nitrogens with zero attached hydrogens (tertiary/aromatic N) is 1. The van der Waals surface area contributed by atoms with Crippen LogP contribution in [0.1, 0.15) is 11.1 Å². The quantitative estimate of drug-likeness (QED) is 0.760. The van der Waals surface area contributed by atoms with Gasteiger partial charge in [0.15, 0.2) is 0 Å². The van der Waals surface area contributed by atoms with Gasteiger partial charge in [-0.25, -0.2) is 4.39 Å². The van der Waals surface area contributed by atoms with Crippen molar-refractivity contribution in [2.75, 3.05) is 5.73 Å². The van der Waals surface area contributed by atoms with Crippen LogP contribution in [0.2, 0.25) is 0 Å². The Kier molecular flexibility index (Phi) is 3.22. The lowest BCUT2D eigenvalue weighted by molar-refractivity contribution is 0.439. The van der Waals surface area contributed by atoms with Crippen LogP contribution in [-0.4, -0.2) is 5.16 Å². The zero-order valence-corrected chi connectivity index (χ0v) is 11.9. The third-order valence-electron chi connectivity index (χ3n) is 3.69. The summed E-state index contributed by atoms with van der Waals surface area (Å²) >= 11 is 0. The molecule has 0 saturated carbocycles. The predicted octanol–water partition coefficient (Wildman–Crippen LogP) is 4.35. The first-order valence-electron chi connectivity index (χ1n) is 6.65. The van der Waals surface area contributed by atoms with Crippen molar-refractivity contribution in [2.45, 2.75) is 13.8 Å². The second-order valence-electron chi connectivity index (χ2n) is 5.03. The van der Waals surface area contributed by atoms with Gasteiger partial charge in [0.2, 0.25) is 5.88 Å². The second-order valence-corrected chi connectivity index (χ2v) is 5.03. The van der Waals surface area contributed by atoms with Gasteiger partial charge in [0, 0.05) is 5.56 Å². The first kappa shape index (κ1) is 13.4. The number of rotatable bonds is 2. The van der Waals surface area contributed by atoms with E-state index in [0.717, 1.165) is 16.7 Å². The number of anilines is 1. The molecular formula is C17H15FN2O. The summed E-state index contributed by atoms with van der Waals surface area (Å²) in [7, 11) is 0. The third-order valence-corrected chi connectivity index (χ3v) is 3.69. The molecule has 0 amide bonds. The van der Waals surface area contributed by atoms with Gasteiger partial charge in [-0.1, -0.05) is 35.5 Å². The maximum absolute atomic E-state index is 13.5. The zero-order chi connectivity index (χ0) is 15.0. The minimum Gasteiger partial charge on any atom is -0.367 e. The summed E-state index contributed by atoms with van der Waals surface area (Å²) < 4.78 is 18.6. The molecule has 1 aromatic heterocycles. The molecule has 0 bridgehead atoms. The molecule has 106 valence electrons. The van der Waals surface area contributed by atoms with Crippen molar-refractivity contribution in [2.24, 2.45) is 0 Å². The van der Waals surface area contributed by atoms with Crippen LogP contribution in [-0.2, 0) is 0 Å². The molecule has 21 heavy (non-hydrogen) atoms. The van der Waals surface area contributed by atoms with Crippen LogP contribution in [0, 0.1) is 19.7 Å². The van der Waals surface area contributed by atoms with Gasteiger partial charge in [0.25, 0.3) is 0 Å². The Morgan fingerprint density at radius 2 is 1.86 bits per heavy atom. The first-order chi connectivity index (χ1) is 10.1. The summed E-state index contributed by atoms with van der Waals surface area (Å²) in [6, 6.07) is 12.2. The Balaban J connectivity index is 2.24. The molecule has 2 aromatic carbocycles. The first-order valence-corrected chi connectivity index (χ1v) is 6.65. The molecule has 0 spiro atoms. The molecule has 3 rings (SSSR count). The molecule has 1 heterocycles. The fraction of sp³-hybridized carbons (Fsp3) is 0.118. The molecule has 0 aliphatic heterocycles. The van der Waals surface area contributed by atoms with E-state index in [1.807, 2.05) is 32.0 Å². The van der Waals surface area contributed by atoms with Crippen molar-refractivity contribution in [1.29, 1.82) is 0 Å². The van der Waals surface area contributed by atoms with Gasteiger partial charge in [0.1, 0.15) is 11.5 Å². The van der Waals surface area contributed by atoms with Gasteiger partial charge < -0.3 is 10.3 Å². The van der Waals surface area contributed by atoms with E-state index in [9.17, 15) is 4.39 Å². The number of nitrogens with two attached hydrogens (primary N) is 1. The molecule has 3 aromatic rings. The Morgan fingerprint density at radius 3 is 2.62 bits per heavy atom. The summed E-state index contributed by atoms with van der Waals surface area (Å²) in [4.78, 5) is 0. The summed E-state index contributed by atoms with van der Waals surface area (Å²) in [6.07, 6.45) is 0. The van der Waals surface area contributed by atoms with Crippen molar-refractivity contribution >= 4 is 5.88 Å². The highest BCUT2D eigenvalue weighted by Gasteiger charge is 2.19. The van der Waals surface area contributed by atoms with Crippen molar-refractivity contribution in [3.63, 3.8) is 0 Å². The molecular weight excluding hydrogens is 267 g/mol. The van der Waals surface area contributed by atoms with E-state index in [1.54, 1.807) is 12.1 Å². The van der Waals surface area contributed by atoms with Crippen LogP contribution in [0.4, 0.5) is 10.3 Å². The smallest absolute Gasteiger partial charge is 0.230 e. The fourth-order valence-electron chi connectivity index (χ4n) is 2.42. The molecule has 0 unspecified atom stereocenters. The van der Waals surface area contributed by atoms with Gasteiger partial charge in [-0.05, 0) is 42.7 Å². The molecule has 3 nitrogen and oxygen atoms in total. The number of hydrogen-bond acceptors (Lipinski definition) is 3. The largest absolute Gasteiger partial charge is 0.367 e. The van der Waals surface area contributed by atoms with E-state index < -0.39 is 0 Å². The van der Waals surface area contributed by atoms with Crippen LogP contribution in [0.3, 0.4) is 0 Å². The van der Waals surface area contributed by atoms with Crippen LogP contribution >= 0.6 is 0 Å². The molecule has 0 aliphatic carbocycles. The molecule has 0 radical (unpaired) electrons. The van der Waals surface area contributed by atoms with Gasteiger partial charge in [-0.15, -0.1) is 0 Å². The Bertz CT molecular complexity index is 808. The number of aryl methyl sites for hydroxylation is 1. The molecule has 4 heteroatoms. The van der Waals surface area contributed by atoms with E-state index in [2.05, 4.69) is 5.16 Å². The number of benzene rings is 2. The SMILES string of the molecule is Cc1cccc(-c2noc(N)c2-c2cccc(F)c2)c1C. The summed E-state index contributed by atoms with van der Waals surface area (Å²) in [5.41, 5.74) is 11.0. The van der Waals surface area contributed by atoms with Crippen LogP contribution in [0.5, 0.6) is 0 Å². The highest BCUT2D eigenvalue weighted by Crippen LogP contribution is 2.38. The van der Waals surface area contributed by atoms with Crippen LogP contribution < -0.4 is 5.73 Å². The topological polar surface area (TPSA) is 52.0 Å². The summed E-state index contributed by atoms with van der Waals surface area (Å²) in [5, 5.41) is 4.07. The van der Waals surface area contributed by atoms with Crippen molar-refractivity contribution in [3.8, 4) is 22.4 Å². The van der Waals surface area contributed by atoms with E-state index >= 15 is 0 Å². The van der Waals surface area contributed by atoms with E-state index in [0.29, 0.717) is 16.8 Å². The number of aromatic nitrogens is 1. The van der Waals surface area contributed by atoms with Gasteiger partial charge >= 0.3 is 0 Å². The maximum Gasteiger partial charge on any atom is 0.230 e. The average Bonchev–Trinajstić information content (AvgIpc) is 2.83. The van der Waals surface area contributed by atoms with E-state index in [4.69, 9.17) is 10.3 Å². The van der Waals surface area contributed by atoms with Gasteiger partial charge in [0.05, 0.1) is 5.56 Å². The van der Waals surface area contributed by atoms with Crippen molar-refractivity contribution in [1.82, 2.24) is 5.16 Å². The fourth-order valence-corrected chi connectivity index (χ4v) is 2.42. The second kappa shape index (κ2) is 5.05. The lowest BCUT2D eigenvalue weighted by Crippen LogP contribution is -1.91. The lowest BCUT2D eigenvalue weighted by atomic mass is 9.96. The average molecular weight is 282 g/mol. The Hall–Kier alpha value is -2.62. The van der Waals surface area contributed by atoms with Gasteiger partial charge in [-0.3, -0.25) is 0 Å². The Labute approximate surface area is 122 Å². The maximum atomic E-state index is 13.5. The van der Waals surface area contributed by atoms with Crippen LogP contribution in [0.25, 0.3) is 22.4 Å². The predicted molar refractivity (Wildman–Crippen MR) is 81.2 cm³/mol. The number of halogens is 1. The minimum absolute atomic E-state index is 0.191. The summed E-state index contributed by atoms with van der Waals surface area (Å²) in [6.45, 7) is 4.05. The number of nitrogen functional groups attached to an aromatic ring is 1. The zero-order valence-electron chi connectivity index (χ0n) is 11.9. The molecule has 0 atom stereocenters. The normalized spacial score (nSPS) is 10.8. The molecule has 0 aliphatic rings. The molecule has 2 N–H and O–H groups in total. The molecule has 0 fully saturated rings. The lowest BCUT2D eigenvalue weighted by Gasteiger charge is -2.08. The minimum atomic E-state index is -0.319. The van der Waals surface area contributed by atoms with Gasteiger partial charge in [-0.2, -0.15) is 0 Å². The van der Waals surface area contributed by atoms with Crippen LogP contribution in [0.15, 0.2) is 47.0 Å². The number of hydrogen-bond donors (Lipinski definition) is 1. The monoisotopic (exact) mass is 282 g/mol. The Morgan fingerprint density at radius 1 is 1.10 bits per heavy atom. The van der Waals surface area contributed by atoms with E-state index in [-0.39, 0.29) is 11.7 Å². The summed E-state index contributed by atoms with van der Waals surface area (Å²) in [5.74, 6) is -0.128.